The zero-order chi connectivity index (χ0) is 25.2. The minimum absolute atomic E-state index is 0.135. The lowest BCUT2D eigenvalue weighted by molar-refractivity contribution is -0.189. The lowest BCUT2D eigenvalue weighted by Crippen LogP contribution is -2.53. The molecule has 1 saturated carbocycles. The molecule has 0 bridgehead atoms. The summed E-state index contributed by atoms with van der Waals surface area (Å²) in [5, 5.41) is 20.7. The number of hydrogen-bond acceptors (Lipinski definition) is 9. The van der Waals surface area contributed by atoms with E-state index in [1.807, 2.05) is 36.4 Å². The van der Waals surface area contributed by atoms with Crippen molar-refractivity contribution in [2.45, 2.75) is 56.5 Å². The fourth-order valence-corrected chi connectivity index (χ4v) is 4.69. The number of ether oxygens (including phenoxy) is 5. The Morgan fingerprint density at radius 3 is 2.56 bits per heavy atom. The number of ketones is 1. The van der Waals surface area contributed by atoms with Crippen LogP contribution in [0.2, 0.25) is 0 Å². The highest BCUT2D eigenvalue weighted by Gasteiger charge is 2.45. The third kappa shape index (κ3) is 5.18. The van der Waals surface area contributed by atoms with Crippen LogP contribution in [-0.2, 0) is 25.4 Å². The minimum Gasteiger partial charge on any atom is -0.486 e. The molecule has 3 aliphatic rings. The summed E-state index contributed by atoms with van der Waals surface area (Å²) in [7, 11) is 0. The molecule has 2 fully saturated rings. The number of hydrogen-bond donors (Lipinski definition) is 2. The van der Waals surface area contributed by atoms with Gasteiger partial charge in [0, 0.05) is 0 Å². The monoisotopic (exact) mass is 498 g/mol. The van der Waals surface area contributed by atoms with E-state index in [2.05, 4.69) is 0 Å². The maximum atomic E-state index is 12.9. The van der Waals surface area contributed by atoms with E-state index in [-0.39, 0.29) is 13.2 Å². The Labute approximate surface area is 208 Å². The Morgan fingerprint density at radius 2 is 1.81 bits per heavy atom. The summed E-state index contributed by atoms with van der Waals surface area (Å²) in [6.07, 6.45) is -3.43. The van der Waals surface area contributed by atoms with E-state index in [9.17, 15) is 19.8 Å². The minimum atomic E-state index is -1.66. The first-order valence-electron chi connectivity index (χ1n) is 12.3. The molecule has 5 rings (SSSR count). The Hall–Kier alpha value is -3.14. The Kier molecular flexibility index (Phi) is 7.13. The molecule has 1 aliphatic carbocycles. The van der Waals surface area contributed by atoms with Crippen molar-refractivity contribution in [1.29, 1.82) is 0 Å². The van der Waals surface area contributed by atoms with Gasteiger partial charge in [-0.25, -0.2) is 4.79 Å². The van der Waals surface area contributed by atoms with Crippen molar-refractivity contribution in [3.63, 3.8) is 0 Å². The van der Waals surface area contributed by atoms with Crippen molar-refractivity contribution < 1.29 is 43.5 Å². The summed E-state index contributed by atoms with van der Waals surface area (Å²) in [6, 6.07) is 11.7. The molecule has 0 aromatic heterocycles. The average Bonchev–Trinajstić information content (AvgIpc) is 3.72. The van der Waals surface area contributed by atoms with Gasteiger partial charge in [-0.2, -0.15) is 0 Å². The van der Waals surface area contributed by atoms with Gasteiger partial charge in [-0.1, -0.05) is 24.3 Å². The van der Waals surface area contributed by atoms with Gasteiger partial charge in [0.05, 0.1) is 6.61 Å². The number of benzene rings is 2. The number of carbonyl (C=O) groups excluding carboxylic acids is 2. The van der Waals surface area contributed by atoms with Gasteiger partial charge in [0.25, 0.3) is 0 Å². The van der Waals surface area contributed by atoms with Gasteiger partial charge in [0.15, 0.2) is 17.3 Å². The highest BCUT2D eigenvalue weighted by molar-refractivity contribution is 5.89. The molecule has 36 heavy (non-hydrogen) atoms. The predicted octanol–water partition coefficient (Wildman–Crippen LogP) is 2.83. The Morgan fingerprint density at radius 1 is 1.03 bits per heavy atom. The van der Waals surface area contributed by atoms with Gasteiger partial charge in [-0.3, -0.25) is 4.79 Å². The van der Waals surface area contributed by atoms with Crippen LogP contribution in [0, 0.1) is 0 Å². The third-order valence-electron chi connectivity index (χ3n) is 6.68. The third-order valence-corrected chi connectivity index (χ3v) is 6.68. The maximum absolute atomic E-state index is 12.9. The van der Waals surface area contributed by atoms with Crippen LogP contribution in [0.1, 0.15) is 54.0 Å². The summed E-state index contributed by atoms with van der Waals surface area (Å²) in [5.74, 6) is 1.29. The van der Waals surface area contributed by atoms with E-state index < -0.39 is 36.4 Å². The highest BCUT2D eigenvalue weighted by Crippen LogP contribution is 2.43. The fraction of sp³-hybridized carbons (Fsp3) is 0.481. The Bertz CT molecular complexity index is 1130. The second-order valence-electron chi connectivity index (χ2n) is 9.27. The number of aliphatic hydroxyl groups is 2. The van der Waals surface area contributed by atoms with Crippen molar-refractivity contribution in [2.24, 2.45) is 0 Å². The summed E-state index contributed by atoms with van der Waals surface area (Å²) in [6.45, 7) is 2.46. The quantitative estimate of drug-likeness (QED) is 0.555. The molecule has 0 radical (unpaired) electrons. The number of rotatable bonds is 7. The fourth-order valence-electron chi connectivity index (χ4n) is 4.69. The van der Waals surface area contributed by atoms with E-state index in [4.69, 9.17) is 23.7 Å². The van der Waals surface area contributed by atoms with Crippen LogP contribution < -0.4 is 9.47 Å². The number of aliphatic hydroxyl groups excluding tert-OH is 2. The molecule has 2 aromatic carbocycles. The van der Waals surface area contributed by atoms with Gasteiger partial charge in [0.1, 0.15) is 44.2 Å². The molecule has 0 amide bonds. The molecule has 1 saturated heterocycles. The van der Waals surface area contributed by atoms with E-state index in [0.29, 0.717) is 31.1 Å². The van der Waals surface area contributed by atoms with Crippen molar-refractivity contribution in [2.75, 3.05) is 26.4 Å². The van der Waals surface area contributed by atoms with Crippen LogP contribution >= 0.6 is 0 Å². The molecule has 9 nitrogen and oxygen atoms in total. The average molecular weight is 499 g/mol. The highest BCUT2D eigenvalue weighted by atomic mass is 16.7. The lowest BCUT2D eigenvalue weighted by atomic mass is 9.89. The molecule has 0 spiro atoms. The first kappa shape index (κ1) is 24.5. The van der Waals surface area contributed by atoms with Gasteiger partial charge in [0.2, 0.25) is 0 Å². The standard InChI is InChI=1S/C27H30O9/c1-2-32-27(31)35-14-22-23(28)24(29)25(30)26(36-22)17-6-7-19(16-4-5-16)18(13-17)11-15-3-8-20-21(12-15)34-10-9-33-20/h3,6-8,12-13,16,22-24,26,28-29H,2,4-5,9-11,14H2,1H3. The normalized spacial score (nSPS) is 25.4. The molecule has 2 heterocycles. The van der Waals surface area contributed by atoms with Gasteiger partial charge >= 0.3 is 6.16 Å². The van der Waals surface area contributed by atoms with Crippen LogP contribution in [0.25, 0.3) is 0 Å². The molecule has 2 aliphatic heterocycles. The molecular formula is C27H30O9. The molecule has 4 unspecified atom stereocenters. The van der Waals surface area contributed by atoms with Gasteiger partial charge in [-0.15, -0.1) is 0 Å². The number of Topliss-reactive ketones (excluding diaryl/α,β-unsaturated/α-hetero) is 1. The van der Waals surface area contributed by atoms with E-state index in [1.54, 1.807) is 6.92 Å². The van der Waals surface area contributed by atoms with Crippen molar-refractivity contribution in [1.82, 2.24) is 0 Å². The maximum Gasteiger partial charge on any atom is 0.508 e. The second kappa shape index (κ2) is 10.5. The lowest BCUT2D eigenvalue weighted by Gasteiger charge is -2.36. The van der Waals surface area contributed by atoms with Crippen LogP contribution in [-0.4, -0.2) is 66.9 Å². The first-order valence-corrected chi connectivity index (χ1v) is 12.3. The molecular weight excluding hydrogens is 468 g/mol. The summed E-state index contributed by atoms with van der Waals surface area (Å²) in [4.78, 5) is 24.5. The molecule has 9 heteroatoms. The SMILES string of the molecule is CCOC(=O)OCC1OC(c2ccc(C3CC3)c(Cc3ccc4c(c3)OCCO4)c2)C(=O)C(O)C1O. The zero-order valence-electron chi connectivity index (χ0n) is 20.1. The van der Waals surface area contributed by atoms with E-state index in [0.717, 1.165) is 35.5 Å². The van der Waals surface area contributed by atoms with Gasteiger partial charge < -0.3 is 33.9 Å². The molecule has 2 N–H and O–H groups in total. The zero-order valence-corrected chi connectivity index (χ0v) is 20.1. The van der Waals surface area contributed by atoms with Crippen LogP contribution in [0.4, 0.5) is 4.79 Å². The first-order chi connectivity index (χ1) is 17.4. The van der Waals surface area contributed by atoms with Crippen molar-refractivity contribution >= 4 is 11.9 Å². The van der Waals surface area contributed by atoms with Crippen molar-refractivity contribution in [3.05, 3.63) is 58.7 Å². The second-order valence-corrected chi connectivity index (χ2v) is 9.27. The largest absolute Gasteiger partial charge is 0.508 e. The van der Waals surface area contributed by atoms with Crippen LogP contribution in [0.3, 0.4) is 0 Å². The van der Waals surface area contributed by atoms with E-state index in [1.165, 1.54) is 5.56 Å². The molecule has 4 atom stereocenters. The topological polar surface area (TPSA) is 121 Å². The molecule has 192 valence electrons. The summed E-state index contributed by atoms with van der Waals surface area (Å²) < 4.78 is 26.9. The number of fused-ring (bicyclic) bond motifs is 1. The van der Waals surface area contributed by atoms with Crippen molar-refractivity contribution in [3.8, 4) is 11.5 Å². The summed E-state index contributed by atoms with van der Waals surface area (Å²) >= 11 is 0. The summed E-state index contributed by atoms with van der Waals surface area (Å²) in [5.41, 5.74) is 3.90. The van der Waals surface area contributed by atoms with Gasteiger partial charge in [-0.05, 0) is 66.5 Å². The number of carbonyl (C=O) groups is 2. The molecule has 2 aromatic rings. The van der Waals surface area contributed by atoms with Crippen LogP contribution in [0.5, 0.6) is 11.5 Å². The Balaban J connectivity index is 1.39. The smallest absolute Gasteiger partial charge is 0.486 e. The predicted molar refractivity (Wildman–Crippen MR) is 126 cm³/mol. The van der Waals surface area contributed by atoms with E-state index >= 15 is 0 Å². The van der Waals surface area contributed by atoms with Crippen LogP contribution in [0.15, 0.2) is 36.4 Å².